The highest BCUT2D eigenvalue weighted by Crippen LogP contribution is 2.61. The third-order valence-corrected chi connectivity index (χ3v) is 8.15. The molecule has 27 heavy (non-hydrogen) atoms. The Morgan fingerprint density at radius 2 is 2.00 bits per heavy atom. The highest BCUT2D eigenvalue weighted by Gasteiger charge is 2.57. The van der Waals surface area contributed by atoms with Gasteiger partial charge >= 0.3 is 0 Å². The lowest BCUT2D eigenvalue weighted by Gasteiger charge is -2.61. The minimum Gasteiger partial charge on any atom is -0.490 e. The summed E-state index contributed by atoms with van der Waals surface area (Å²) in [4.78, 5) is 0. The van der Waals surface area contributed by atoms with Gasteiger partial charge in [0, 0.05) is 0 Å². The number of hydrogen-bond acceptors (Lipinski definition) is 1. The van der Waals surface area contributed by atoms with Crippen LogP contribution in [0.4, 0.5) is 0 Å². The molecule has 0 heterocycles. The van der Waals surface area contributed by atoms with Crippen LogP contribution < -0.4 is 4.74 Å². The van der Waals surface area contributed by atoms with Crippen molar-refractivity contribution in [3.8, 4) is 5.75 Å². The molecule has 4 aliphatic rings. The van der Waals surface area contributed by atoms with E-state index in [0.717, 1.165) is 30.4 Å². The van der Waals surface area contributed by atoms with Crippen LogP contribution in [0, 0.1) is 29.1 Å². The van der Waals surface area contributed by atoms with E-state index in [-0.39, 0.29) is 0 Å². The van der Waals surface area contributed by atoms with Gasteiger partial charge in [-0.2, -0.15) is 0 Å². The molecule has 0 amide bonds. The zero-order valence-corrected chi connectivity index (χ0v) is 17.6. The van der Waals surface area contributed by atoms with Gasteiger partial charge in [0.2, 0.25) is 0 Å². The minimum atomic E-state index is 0.385. The molecule has 0 aromatic heterocycles. The first-order valence-corrected chi connectivity index (χ1v) is 10.9. The molecule has 0 saturated heterocycles. The van der Waals surface area contributed by atoms with Crippen molar-refractivity contribution < 1.29 is 4.74 Å². The van der Waals surface area contributed by atoms with Gasteiger partial charge < -0.3 is 4.74 Å². The van der Waals surface area contributed by atoms with E-state index in [9.17, 15) is 0 Å². The fourth-order valence-corrected chi connectivity index (χ4v) is 5.93. The van der Waals surface area contributed by atoms with E-state index in [4.69, 9.17) is 4.74 Å². The molecule has 5 unspecified atom stereocenters. The zero-order valence-electron chi connectivity index (χ0n) is 17.6. The molecule has 2 bridgehead atoms. The summed E-state index contributed by atoms with van der Waals surface area (Å²) >= 11 is 0. The number of benzene rings is 1. The Hall–Kier alpha value is -1.50. The first kappa shape index (κ1) is 18.8. The fraction of sp³-hybridized carbons (Fsp3) is 0.615. The summed E-state index contributed by atoms with van der Waals surface area (Å²) in [6, 6.07) is 8.74. The minimum absolute atomic E-state index is 0.385. The monoisotopic (exact) mass is 364 g/mol. The van der Waals surface area contributed by atoms with E-state index in [0.29, 0.717) is 23.4 Å². The van der Waals surface area contributed by atoms with Crippen LogP contribution >= 0.6 is 0 Å². The van der Waals surface area contributed by atoms with E-state index >= 15 is 0 Å². The third kappa shape index (κ3) is 3.50. The van der Waals surface area contributed by atoms with Crippen molar-refractivity contribution in [2.75, 3.05) is 0 Å². The van der Waals surface area contributed by atoms with Crippen molar-refractivity contribution in [3.05, 3.63) is 53.6 Å². The average molecular weight is 365 g/mol. The normalized spacial score (nSPS) is 34.4. The maximum absolute atomic E-state index is 6.65. The molecule has 3 saturated carbocycles. The van der Waals surface area contributed by atoms with E-state index in [1.54, 1.807) is 5.57 Å². The Morgan fingerprint density at radius 3 is 2.63 bits per heavy atom. The van der Waals surface area contributed by atoms with Crippen LogP contribution in [0.3, 0.4) is 0 Å². The number of fused-ring (bicyclic) bond motifs is 2. The van der Waals surface area contributed by atoms with Crippen molar-refractivity contribution in [3.63, 3.8) is 0 Å². The van der Waals surface area contributed by atoms with Gasteiger partial charge in [0.25, 0.3) is 0 Å². The third-order valence-electron chi connectivity index (χ3n) is 8.15. The molecule has 5 atom stereocenters. The Labute approximate surface area is 165 Å². The molecule has 1 nitrogen and oxygen atoms in total. The van der Waals surface area contributed by atoms with Gasteiger partial charge in [0.05, 0.1) is 0 Å². The average Bonchev–Trinajstić information content (AvgIpc) is 2.64. The lowest BCUT2D eigenvalue weighted by atomic mass is 9.45. The van der Waals surface area contributed by atoms with E-state index < -0.39 is 0 Å². The van der Waals surface area contributed by atoms with Gasteiger partial charge in [-0.25, -0.2) is 0 Å². The Kier molecular flexibility index (Phi) is 4.99. The first-order valence-electron chi connectivity index (χ1n) is 10.9. The standard InChI is InChI=1S/C26H36O/c1-17(2)20-12-10-19(11-13-20)14-21-8-6-7-9-24(21)27-25-16-22-15-23(18(25)3)26(22,4)5/h6-10,18,20,22-23,25H,1,11-16H2,2-5H3. The maximum atomic E-state index is 6.65. The van der Waals surface area contributed by atoms with E-state index in [2.05, 4.69) is 64.6 Å². The Balaban J connectivity index is 1.44. The summed E-state index contributed by atoms with van der Waals surface area (Å²) in [5.74, 6) is 4.13. The van der Waals surface area contributed by atoms with Crippen LogP contribution in [0.25, 0.3) is 0 Å². The van der Waals surface area contributed by atoms with Gasteiger partial charge in [0.1, 0.15) is 11.9 Å². The van der Waals surface area contributed by atoms with E-state index in [1.807, 2.05) is 0 Å². The van der Waals surface area contributed by atoms with Crippen molar-refractivity contribution in [2.24, 2.45) is 29.1 Å². The number of rotatable bonds is 5. The molecule has 5 rings (SSSR count). The summed E-state index contributed by atoms with van der Waals surface area (Å²) in [6.07, 6.45) is 10.1. The number of hydrogen-bond donors (Lipinski definition) is 0. The van der Waals surface area contributed by atoms with Gasteiger partial charge in [0.15, 0.2) is 0 Å². The Bertz CT molecular complexity index is 740. The second-order valence-electron chi connectivity index (χ2n) is 10.1. The second kappa shape index (κ2) is 7.15. The fourth-order valence-electron chi connectivity index (χ4n) is 5.93. The van der Waals surface area contributed by atoms with Crippen molar-refractivity contribution in [1.29, 1.82) is 0 Å². The summed E-state index contributed by atoms with van der Waals surface area (Å²) in [7, 11) is 0. The number of ether oxygens (including phenoxy) is 1. The predicted octanol–water partition coefficient (Wildman–Crippen LogP) is 6.98. The molecule has 1 heteroatoms. The molecule has 0 N–H and O–H groups in total. The lowest BCUT2D eigenvalue weighted by molar-refractivity contribution is -0.147. The SMILES string of the molecule is C=C(C)C1CC=C(Cc2ccccc2OC2CC3CC(C2C)C3(C)C)CC1. The molecule has 3 fully saturated rings. The van der Waals surface area contributed by atoms with Crippen LogP contribution in [0.1, 0.15) is 65.4 Å². The van der Waals surface area contributed by atoms with Crippen molar-refractivity contribution in [1.82, 2.24) is 0 Å². The first-order chi connectivity index (χ1) is 12.9. The van der Waals surface area contributed by atoms with E-state index in [1.165, 1.54) is 36.8 Å². The van der Waals surface area contributed by atoms with Gasteiger partial charge in [-0.1, -0.05) is 62.8 Å². The van der Waals surface area contributed by atoms with Crippen LogP contribution in [0.2, 0.25) is 0 Å². The molecule has 4 aliphatic carbocycles. The predicted molar refractivity (Wildman–Crippen MR) is 114 cm³/mol. The summed E-state index contributed by atoms with van der Waals surface area (Å²) in [5, 5.41) is 0. The highest BCUT2D eigenvalue weighted by atomic mass is 16.5. The lowest BCUT2D eigenvalue weighted by Crippen LogP contribution is -2.58. The molecule has 1 aromatic carbocycles. The second-order valence-corrected chi connectivity index (χ2v) is 10.1. The largest absolute Gasteiger partial charge is 0.490 e. The van der Waals surface area contributed by atoms with Crippen LogP contribution in [-0.4, -0.2) is 6.10 Å². The molecule has 0 aliphatic heterocycles. The zero-order chi connectivity index (χ0) is 19.2. The smallest absolute Gasteiger partial charge is 0.123 e. The van der Waals surface area contributed by atoms with Crippen molar-refractivity contribution in [2.45, 2.75) is 72.3 Å². The van der Waals surface area contributed by atoms with Crippen LogP contribution in [0.15, 0.2) is 48.1 Å². The Morgan fingerprint density at radius 1 is 1.22 bits per heavy atom. The number of allylic oxidation sites excluding steroid dienone is 3. The maximum Gasteiger partial charge on any atom is 0.123 e. The molecular formula is C26H36O. The molecule has 0 radical (unpaired) electrons. The van der Waals surface area contributed by atoms with Crippen LogP contribution in [-0.2, 0) is 6.42 Å². The highest BCUT2D eigenvalue weighted by molar-refractivity contribution is 5.37. The van der Waals surface area contributed by atoms with Gasteiger partial charge in [-0.3, -0.25) is 0 Å². The quantitative estimate of drug-likeness (QED) is 0.512. The summed E-state index contributed by atoms with van der Waals surface area (Å²) in [6.45, 7) is 13.6. The topological polar surface area (TPSA) is 9.23 Å². The molecule has 146 valence electrons. The molecule has 0 spiro atoms. The van der Waals surface area contributed by atoms with Gasteiger partial charge in [-0.15, -0.1) is 0 Å². The number of para-hydroxylation sites is 1. The summed E-state index contributed by atoms with van der Waals surface area (Å²) in [5.41, 5.74) is 4.79. The van der Waals surface area contributed by atoms with Crippen LogP contribution in [0.5, 0.6) is 5.75 Å². The van der Waals surface area contributed by atoms with Gasteiger partial charge in [-0.05, 0) is 86.2 Å². The summed E-state index contributed by atoms with van der Waals surface area (Å²) < 4.78 is 6.65. The molecule has 1 aromatic rings. The molecular weight excluding hydrogens is 328 g/mol. The van der Waals surface area contributed by atoms with Crippen molar-refractivity contribution >= 4 is 0 Å².